The molecule has 2 aromatic heterocycles. The van der Waals surface area contributed by atoms with E-state index in [1.165, 1.54) is 11.3 Å². The fourth-order valence-corrected chi connectivity index (χ4v) is 4.04. The number of fused-ring (bicyclic) bond motifs is 2. The van der Waals surface area contributed by atoms with E-state index in [4.69, 9.17) is 14.5 Å². The molecule has 7 heteroatoms. The quantitative estimate of drug-likeness (QED) is 0.530. The molecule has 0 bridgehead atoms. The lowest BCUT2D eigenvalue weighted by molar-refractivity contribution is 0.181. The van der Waals surface area contributed by atoms with Crippen molar-refractivity contribution >= 4 is 32.6 Å². The molecule has 0 spiro atoms. The van der Waals surface area contributed by atoms with Crippen LogP contribution in [-0.2, 0) is 11.3 Å². The molecule has 2 heterocycles. The molecule has 0 unspecified atom stereocenters. The van der Waals surface area contributed by atoms with Crippen molar-refractivity contribution in [2.24, 2.45) is 0 Å². The Bertz CT molecular complexity index is 1210. The Hall–Kier alpha value is -3.08. The van der Waals surface area contributed by atoms with Crippen molar-refractivity contribution in [2.45, 2.75) is 13.5 Å². The van der Waals surface area contributed by atoms with E-state index in [0.29, 0.717) is 23.4 Å². The molecule has 27 heavy (non-hydrogen) atoms. The summed E-state index contributed by atoms with van der Waals surface area (Å²) in [5.41, 5.74) is 5.52. The molecule has 6 nitrogen and oxygen atoms in total. The molecule has 134 valence electrons. The summed E-state index contributed by atoms with van der Waals surface area (Å²) in [6.07, 6.45) is 1.72. The summed E-state index contributed by atoms with van der Waals surface area (Å²) in [6.45, 7) is 2.43. The van der Waals surface area contributed by atoms with Gasteiger partial charge in [-0.1, -0.05) is 0 Å². The van der Waals surface area contributed by atoms with E-state index in [1.54, 1.807) is 26.5 Å². The van der Waals surface area contributed by atoms with Gasteiger partial charge in [-0.25, -0.2) is 9.97 Å². The van der Waals surface area contributed by atoms with Gasteiger partial charge in [-0.2, -0.15) is 5.26 Å². The lowest BCUT2D eigenvalue weighted by Crippen LogP contribution is -1.96. The van der Waals surface area contributed by atoms with Gasteiger partial charge in [-0.3, -0.25) is 4.98 Å². The number of aromatic nitrogens is 3. The van der Waals surface area contributed by atoms with Crippen LogP contribution in [0.1, 0.15) is 16.8 Å². The van der Waals surface area contributed by atoms with Gasteiger partial charge in [0.05, 0.1) is 52.4 Å². The molecule has 0 aliphatic carbocycles. The molecule has 4 aromatic rings. The summed E-state index contributed by atoms with van der Waals surface area (Å²) >= 11 is 1.51. The Morgan fingerprint density at radius 3 is 2.70 bits per heavy atom. The van der Waals surface area contributed by atoms with E-state index in [-0.39, 0.29) is 0 Å². The predicted octanol–water partition coefficient (Wildman–Crippen LogP) is 4.24. The molecule has 2 aromatic carbocycles. The van der Waals surface area contributed by atoms with Crippen molar-refractivity contribution in [1.82, 2.24) is 15.0 Å². The van der Waals surface area contributed by atoms with E-state index in [9.17, 15) is 5.26 Å². The SMILES string of the molecule is COCc1cnc2c(-c3nc4c(C#N)cc(OC)cc4s3)cc(C)cc2n1. The van der Waals surface area contributed by atoms with Crippen LogP contribution in [-0.4, -0.2) is 29.2 Å². The van der Waals surface area contributed by atoms with E-state index in [0.717, 1.165) is 37.6 Å². The first-order chi connectivity index (χ1) is 13.1. The largest absolute Gasteiger partial charge is 0.497 e. The third-order valence-corrected chi connectivity index (χ3v) is 5.22. The van der Waals surface area contributed by atoms with Crippen LogP contribution in [0.4, 0.5) is 0 Å². The Kier molecular flexibility index (Phi) is 4.44. The highest BCUT2D eigenvalue weighted by Gasteiger charge is 2.16. The van der Waals surface area contributed by atoms with Crippen LogP contribution in [0.25, 0.3) is 31.8 Å². The Balaban J connectivity index is 1.95. The molecule has 0 N–H and O–H groups in total. The van der Waals surface area contributed by atoms with Gasteiger partial charge in [0.15, 0.2) is 0 Å². The van der Waals surface area contributed by atoms with Gasteiger partial charge in [0, 0.05) is 18.7 Å². The number of rotatable bonds is 4. The van der Waals surface area contributed by atoms with Gasteiger partial charge in [0.1, 0.15) is 16.8 Å². The van der Waals surface area contributed by atoms with Crippen LogP contribution >= 0.6 is 11.3 Å². The molecule has 0 saturated carbocycles. The van der Waals surface area contributed by atoms with Gasteiger partial charge >= 0.3 is 0 Å². The second-order valence-corrected chi connectivity index (χ2v) is 7.16. The van der Waals surface area contributed by atoms with Crippen molar-refractivity contribution in [2.75, 3.05) is 14.2 Å². The minimum absolute atomic E-state index is 0.415. The third-order valence-electron chi connectivity index (χ3n) is 4.19. The predicted molar refractivity (Wildman–Crippen MR) is 105 cm³/mol. The lowest BCUT2D eigenvalue weighted by atomic mass is 10.1. The Labute approximate surface area is 160 Å². The fraction of sp³-hybridized carbons (Fsp3) is 0.200. The number of hydrogen-bond acceptors (Lipinski definition) is 7. The highest BCUT2D eigenvalue weighted by molar-refractivity contribution is 7.21. The second-order valence-electron chi connectivity index (χ2n) is 6.13. The minimum Gasteiger partial charge on any atom is -0.497 e. The number of benzene rings is 2. The van der Waals surface area contributed by atoms with Crippen LogP contribution < -0.4 is 4.74 Å². The number of methoxy groups -OCH3 is 2. The van der Waals surface area contributed by atoms with Crippen molar-refractivity contribution < 1.29 is 9.47 Å². The Morgan fingerprint density at radius 2 is 1.96 bits per heavy atom. The monoisotopic (exact) mass is 376 g/mol. The van der Waals surface area contributed by atoms with E-state index in [2.05, 4.69) is 16.0 Å². The van der Waals surface area contributed by atoms with Gasteiger partial charge in [0.25, 0.3) is 0 Å². The molecule has 0 atom stereocenters. The van der Waals surface area contributed by atoms with E-state index >= 15 is 0 Å². The smallest absolute Gasteiger partial charge is 0.126 e. The molecule has 0 aliphatic heterocycles. The van der Waals surface area contributed by atoms with Gasteiger partial charge in [-0.15, -0.1) is 11.3 Å². The fourth-order valence-electron chi connectivity index (χ4n) is 3.01. The molecule has 0 aliphatic rings. The second kappa shape index (κ2) is 6.91. The van der Waals surface area contributed by atoms with Crippen LogP contribution in [0.2, 0.25) is 0 Å². The number of thiazole rings is 1. The average Bonchev–Trinajstić information content (AvgIpc) is 3.10. The summed E-state index contributed by atoms with van der Waals surface area (Å²) in [6, 6.07) is 9.86. The normalized spacial score (nSPS) is 11.0. The molecule has 4 rings (SSSR count). The zero-order valence-electron chi connectivity index (χ0n) is 15.1. The summed E-state index contributed by atoms with van der Waals surface area (Å²) in [5, 5.41) is 10.3. The van der Waals surface area contributed by atoms with Gasteiger partial charge in [0.2, 0.25) is 0 Å². The van der Waals surface area contributed by atoms with Gasteiger partial charge in [-0.05, 0) is 30.7 Å². The number of nitrogens with zero attached hydrogens (tertiary/aromatic N) is 4. The van der Waals surface area contributed by atoms with Crippen molar-refractivity contribution in [1.29, 1.82) is 5.26 Å². The van der Waals surface area contributed by atoms with Crippen LogP contribution in [0, 0.1) is 18.3 Å². The maximum Gasteiger partial charge on any atom is 0.126 e. The van der Waals surface area contributed by atoms with Gasteiger partial charge < -0.3 is 9.47 Å². The first kappa shape index (κ1) is 17.3. The molecular weight excluding hydrogens is 360 g/mol. The molecule has 0 fully saturated rings. The molecule has 0 saturated heterocycles. The van der Waals surface area contributed by atoms with Crippen LogP contribution in [0.3, 0.4) is 0 Å². The summed E-state index contributed by atoms with van der Waals surface area (Å²) in [5.74, 6) is 0.646. The van der Waals surface area contributed by atoms with Crippen LogP contribution in [0.5, 0.6) is 5.75 Å². The minimum atomic E-state index is 0.415. The average molecular weight is 376 g/mol. The molecule has 0 amide bonds. The number of nitriles is 1. The van der Waals surface area contributed by atoms with E-state index in [1.807, 2.05) is 25.1 Å². The summed E-state index contributed by atoms with van der Waals surface area (Å²) in [4.78, 5) is 14.0. The van der Waals surface area contributed by atoms with Crippen molar-refractivity contribution in [3.63, 3.8) is 0 Å². The first-order valence-electron chi connectivity index (χ1n) is 8.27. The topological polar surface area (TPSA) is 80.9 Å². The maximum absolute atomic E-state index is 9.46. The number of hydrogen-bond donors (Lipinski definition) is 0. The standard InChI is InChI=1S/C20H16N4O2S/c1-11-4-15(19-16(5-11)23-13(9-22-19)10-25-2)20-24-18-12(8-21)6-14(26-3)7-17(18)27-20/h4-7,9H,10H2,1-3H3. The summed E-state index contributed by atoms with van der Waals surface area (Å²) in [7, 11) is 3.22. The molecule has 0 radical (unpaired) electrons. The molecular formula is C20H16N4O2S. The maximum atomic E-state index is 9.46. The number of ether oxygens (including phenoxy) is 2. The highest BCUT2D eigenvalue weighted by atomic mass is 32.1. The zero-order valence-corrected chi connectivity index (χ0v) is 15.9. The Morgan fingerprint density at radius 1 is 1.11 bits per heavy atom. The van der Waals surface area contributed by atoms with E-state index < -0.39 is 0 Å². The zero-order chi connectivity index (χ0) is 19.0. The number of aryl methyl sites for hydroxylation is 1. The van der Waals surface area contributed by atoms with Crippen LogP contribution in [0.15, 0.2) is 30.5 Å². The first-order valence-corrected chi connectivity index (χ1v) is 9.09. The third kappa shape index (κ3) is 3.10. The summed E-state index contributed by atoms with van der Waals surface area (Å²) < 4.78 is 11.4. The van der Waals surface area contributed by atoms with Crippen molar-refractivity contribution in [3.05, 3.63) is 47.3 Å². The van der Waals surface area contributed by atoms with Crippen molar-refractivity contribution in [3.8, 4) is 22.4 Å². The highest BCUT2D eigenvalue weighted by Crippen LogP contribution is 2.37. The lowest BCUT2D eigenvalue weighted by Gasteiger charge is -2.06.